The molecule has 0 unspecified atom stereocenters. The van der Waals surface area contributed by atoms with Crippen molar-refractivity contribution in [2.45, 2.75) is 0 Å². The van der Waals surface area contributed by atoms with E-state index in [-0.39, 0.29) is 5.78 Å². The number of nitrogens with one attached hydrogen (secondary N) is 2. The number of benzene rings is 2. The summed E-state index contributed by atoms with van der Waals surface area (Å²) in [5, 5.41) is 0.723. The lowest BCUT2D eigenvalue weighted by molar-refractivity contribution is 0.0477. The summed E-state index contributed by atoms with van der Waals surface area (Å²) in [5.41, 5.74) is 1.83. The van der Waals surface area contributed by atoms with E-state index in [1.54, 1.807) is 12.3 Å². The number of ether oxygens (including phenoxy) is 1. The fourth-order valence-corrected chi connectivity index (χ4v) is 3.04. The Morgan fingerprint density at radius 2 is 1.77 bits per heavy atom. The Kier molecular flexibility index (Phi) is 4.77. The normalized spacial score (nSPS) is 11.3. The van der Waals surface area contributed by atoms with Gasteiger partial charge >= 0.3 is 5.97 Å². The van der Waals surface area contributed by atoms with Crippen molar-refractivity contribution in [3.05, 3.63) is 65.9 Å². The highest BCUT2D eigenvalue weighted by molar-refractivity contribution is 7.92. The molecule has 3 aromatic rings. The lowest BCUT2D eigenvalue weighted by Gasteiger charge is -2.06. The van der Waals surface area contributed by atoms with Crippen LogP contribution in [0.1, 0.15) is 20.7 Å². The smallest absolute Gasteiger partial charge is 0.340 e. The summed E-state index contributed by atoms with van der Waals surface area (Å²) in [6.07, 6.45) is 2.58. The van der Waals surface area contributed by atoms with E-state index in [2.05, 4.69) is 9.71 Å². The first-order valence-electron chi connectivity index (χ1n) is 7.68. The van der Waals surface area contributed by atoms with Crippen molar-refractivity contribution in [2.24, 2.45) is 0 Å². The number of carbonyl (C=O) groups excluding carboxylic acids is 2. The number of hydrogen-bond donors (Lipinski definition) is 2. The van der Waals surface area contributed by atoms with Gasteiger partial charge in [0, 0.05) is 28.4 Å². The molecule has 0 saturated carbocycles. The minimum Gasteiger partial charge on any atom is -0.454 e. The summed E-state index contributed by atoms with van der Waals surface area (Å²) in [6, 6.07) is 13.2. The minimum absolute atomic E-state index is 0.316. The number of hydrogen-bond acceptors (Lipinski definition) is 5. The van der Waals surface area contributed by atoms with Gasteiger partial charge in [0.1, 0.15) is 0 Å². The molecule has 8 heteroatoms. The number of Topliss-reactive ketones (excluding diaryl/α,β-unsaturated/α-hetero) is 1. The molecule has 0 fully saturated rings. The summed E-state index contributed by atoms with van der Waals surface area (Å²) < 4.78 is 29.7. The largest absolute Gasteiger partial charge is 0.454 e. The molecule has 0 radical (unpaired) electrons. The second kappa shape index (κ2) is 7.01. The van der Waals surface area contributed by atoms with Gasteiger partial charge < -0.3 is 9.72 Å². The fourth-order valence-electron chi connectivity index (χ4n) is 2.47. The zero-order valence-electron chi connectivity index (χ0n) is 13.9. The lowest BCUT2D eigenvalue weighted by Crippen LogP contribution is -2.14. The van der Waals surface area contributed by atoms with Crippen LogP contribution in [0.4, 0.5) is 5.69 Å². The number of aromatic amines is 1. The standard InChI is InChI=1S/C18H16N2O5S/c1-26(23,24)20-13-8-6-12(7-9-13)17(21)11-25-18(22)15-10-19-16-5-3-2-4-14(15)16/h2-10,19-20H,11H2,1H3. The van der Waals surface area contributed by atoms with Gasteiger partial charge in [0.2, 0.25) is 10.0 Å². The highest BCUT2D eigenvalue weighted by Crippen LogP contribution is 2.18. The van der Waals surface area contributed by atoms with Crippen molar-refractivity contribution in [3.63, 3.8) is 0 Å². The van der Waals surface area contributed by atoms with Crippen LogP contribution in [0.3, 0.4) is 0 Å². The summed E-state index contributed by atoms with van der Waals surface area (Å²) in [5.74, 6) is -0.977. The van der Waals surface area contributed by atoms with E-state index in [4.69, 9.17) is 4.74 Å². The number of ketones is 1. The van der Waals surface area contributed by atoms with Gasteiger partial charge in [-0.1, -0.05) is 18.2 Å². The van der Waals surface area contributed by atoms with Crippen LogP contribution in [-0.2, 0) is 14.8 Å². The van der Waals surface area contributed by atoms with Gasteiger partial charge in [-0.15, -0.1) is 0 Å². The van der Waals surface area contributed by atoms with Crippen LogP contribution >= 0.6 is 0 Å². The maximum Gasteiger partial charge on any atom is 0.340 e. The van der Waals surface area contributed by atoms with E-state index in [1.165, 1.54) is 24.3 Å². The second-order valence-electron chi connectivity index (χ2n) is 5.70. The van der Waals surface area contributed by atoms with Crippen molar-refractivity contribution >= 4 is 38.4 Å². The molecule has 0 amide bonds. The first-order chi connectivity index (χ1) is 12.3. The number of aromatic nitrogens is 1. The van der Waals surface area contributed by atoms with Crippen molar-refractivity contribution < 1.29 is 22.7 Å². The van der Waals surface area contributed by atoms with E-state index in [0.29, 0.717) is 16.8 Å². The maximum absolute atomic E-state index is 12.2. The van der Waals surface area contributed by atoms with Crippen molar-refractivity contribution in [2.75, 3.05) is 17.6 Å². The minimum atomic E-state index is -3.38. The maximum atomic E-state index is 12.2. The van der Waals surface area contributed by atoms with E-state index >= 15 is 0 Å². The van der Waals surface area contributed by atoms with E-state index < -0.39 is 22.6 Å². The fraction of sp³-hybridized carbons (Fsp3) is 0.111. The van der Waals surface area contributed by atoms with Gasteiger partial charge in [-0.05, 0) is 30.3 Å². The predicted octanol–water partition coefficient (Wildman–Crippen LogP) is 2.58. The molecule has 0 saturated heterocycles. The number of anilines is 1. The Morgan fingerprint density at radius 3 is 2.46 bits per heavy atom. The molecule has 0 spiro atoms. The predicted molar refractivity (Wildman–Crippen MR) is 97.8 cm³/mol. The molecule has 7 nitrogen and oxygen atoms in total. The molecule has 26 heavy (non-hydrogen) atoms. The molecule has 134 valence electrons. The Morgan fingerprint density at radius 1 is 1.08 bits per heavy atom. The summed E-state index contributed by atoms with van der Waals surface area (Å²) in [6.45, 7) is -0.406. The molecular formula is C18H16N2O5S. The number of fused-ring (bicyclic) bond motifs is 1. The van der Waals surface area contributed by atoms with Gasteiger partial charge in [-0.25, -0.2) is 13.2 Å². The molecule has 1 heterocycles. The topological polar surface area (TPSA) is 105 Å². The number of esters is 1. The van der Waals surface area contributed by atoms with Crippen LogP contribution < -0.4 is 4.72 Å². The van der Waals surface area contributed by atoms with Crippen LogP contribution in [0.15, 0.2) is 54.7 Å². The van der Waals surface area contributed by atoms with Gasteiger partial charge in [-0.2, -0.15) is 0 Å². The van der Waals surface area contributed by atoms with Crippen molar-refractivity contribution in [1.29, 1.82) is 0 Å². The zero-order valence-corrected chi connectivity index (χ0v) is 14.7. The Labute approximate surface area is 150 Å². The molecule has 0 aliphatic carbocycles. The van der Waals surface area contributed by atoms with Crippen LogP contribution in [-0.4, -0.2) is 38.0 Å². The SMILES string of the molecule is CS(=O)(=O)Nc1ccc(C(=O)COC(=O)c2c[nH]c3ccccc23)cc1. The number of carbonyl (C=O) groups is 2. The first kappa shape index (κ1) is 17.7. The van der Waals surface area contributed by atoms with Crippen molar-refractivity contribution in [3.8, 4) is 0 Å². The first-order valence-corrected chi connectivity index (χ1v) is 9.57. The molecule has 0 aliphatic rings. The van der Waals surface area contributed by atoms with Gasteiger partial charge in [0.05, 0.1) is 11.8 Å². The van der Waals surface area contributed by atoms with Crippen molar-refractivity contribution in [1.82, 2.24) is 4.98 Å². The zero-order chi connectivity index (χ0) is 18.7. The van der Waals surface area contributed by atoms with Gasteiger partial charge in [0.25, 0.3) is 0 Å². The monoisotopic (exact) mass is 372 g/mol. The van der Waals surface area contributed by atoms with Crippen LogP contribution in [0, 0.1) is 0 Å². The summed E-state index contributed by atoms with van der Waals surface area (Å²) in [7, 11) is -3.38. The molecule has 3 rings (SSSR count). The number of H-pyrrole nitrogens is 1. The molecular weight excluding hydrogens is 356 g/mol. The lowest BCUT2D eigenvalue weighted by atomic mass is 10.1. The van der Waals surface area contributed by atoms with Crippen LogP contribution in [0.2, 0.25) is 0 Å². The third kappa shape index (κ3) is 4.09. The van der Waals surface area contributed by atoms with E-state index in [9.17, 15) is 18.0 Å². The van der Waals surface area contributed by atoms with Gasteiger partial charge in [0.15, 0.2) is 12.4 Å². The highest BCUT2D eigenvalue weighted by atomic mass is 32.2. The highest BCUT2D eigenvalue weighted by Gasteiger charge is 2.15. The number of rotatable bonds is 6. The quantitative estimate of drug-likeness (QED) is 0.511. The third-order valence-corrected chi connectivity index (χ3v) is 4.26. The average Bonchev–Trinajstić information content (AvgIpc) is 3.03. The Bertz CT molecular complexity index is 1070. The molecule has 2 N–H and O–H groups in total. The van der Waals surface area contributed by atoms with E-state index in [1.807, 2.05) is 18.2 Å². The molecule has 0 aliphatic heterocycles. The summed E-state index contributed by atoms with van der Waals surface area (Å²) in [4.78, 5) is 27.3. The molecule has 2 aromatic carbocycles. The van der Waals surface area contributed by atoms with Crippen LogP contribution in [0.5, 0.6) is 0 Å². The van der Waals surface area contributed by atoms with Crippen LogP contribution in [0.25, 0.3) is 10.9 Å². The van der Waals surface area contributed by atoms with E-state index in [0.717, 1.165) is 17.2 Å². The number of sulfonamides is 1. The summed E-state index contributed by atoms with van der Waals surface area (Å²) >= 11 is 0. The number of para-hydroxylation sites is 1. The molecule has 0 atom stereocenters. The molecule has 0 bridgehead atoms. The Balaban J connectivity index is 1.64. The second-order valence-corrected chi connectivity index (χ2v) is 7.45. The average molecular weight is 372 g/mol. The molecule has 1 aromatic heterocycles. The van der Waals surface area contributed by atoms with Gasteiger partial charge in [-0.3, -0.25) is 9.52 Å². The Hall–Kier alpha value is -3.13. The third-order valence-electron chi connectivity index (χ3n) is 3.65.